The Morgan fingerprint density at radius 2 is 2.16 bits per heavy atom. The van der Waals surface area contributed by atoms with Crippen LogP contribution in [0.25, 0.3) is 11.0 Å². The van der Waals surface area contributed by atoms with Gasteiger partial charge in [0.05, 0.1) is 11.0 Å². The topological polar surface area (TPSA) is 81.0 Å². The largest absolute Gasteiger partial charge is 0.326 e. The molecule has 0 saturated carbocycles. The van der Waals surface area contributed by atoms with E-state index in [1.165, 1.54) is 12.0 Å². The standard InChI is InChI=1S/C18H20N4O2S/c23-17(19-13-3-4-14-15(10-13)21-18(24)20-14)5-8-22-7-1-2-16(22)12-6-9-25-11-12/h3-4,6,9-11,16H,1-2,5,7-8H2,(H,19,23)(H2,20,21,24)/t16-/m1/s1. The van der Waals surface area contributed by atoms with Gasteiger partial charge in [-0.3, -0.25) is 9.69 Å². The van der Waals surface area contributed by atoms with Crippen molar-refractivity contribution in [1.29, 1.82) is 0 Å². The molecule has 1 fully saturated rings. The Hall–Kier alpha value is -2.38. The molecule has 0 radical (unpaired) electrons. The highest BCUT2D eigenvalue weighted by Crippen LogP contribution is 2.32. The number of likely N-dealkylation sites (tertiary alicyclic amines) is 1. The normalized spacial score (nSPS) is 18.0. The number of aromatic nitrogens is 2. The molecular weight excluding hydrogens is 336 g/mol. The predicted molar refractivity (Wildman–Crippen MR) is 100 cm³/mol. The molecular formula is C18H20N4O2S. The van der Waals surface area contributed by atoms with Crippen LogP contribution in [0.2, 0.25) is 0 Å². The number of nitrogens with zero attached hydrogens (tertiary/aromatic N) is 1. The van der Waals surface area contributed by atoms with Gasteiger partial charge in [-0.25, -0.2) is 4.79 Å². The number of thiophene rings is 1. The number of fused-ring (bicyclic) bond motifs is 1. The number of aromatic amines is 2. The summed E-state index contributed by atoms with van der Waals surface area (Å²) in [6.45, 7) is 1.81. The number of anilines is 1. The summed E-state index contributed by atoms with van der Waals surface area (Å²) >= 11 is 1.72. The van der Waals surface area contributed by atoms with Gasteiger partial charge in [0.25, 0.3) is 0 Å². The van der Waals surface area contributed by atoms with E-state index in [4.69, 9.17) is 0 Å². The monoisotopic (exact) mass is 356 g/mol. The van der Waals surface area contributed by atoms with Gasteiger partial charge in [0.1, 0.15) is 0 Å². The summed E-state index contributed by atoms with van der Waals surface area (Å²) in [5, 5.41) is 7.23. The molecule has 1 aliphatic heterocycles. The van der Waals surface area contributed by atoms with Crippen LogP contribution in [-0.2, 0) is 4.79 Å². The van der Waals surface area contributed by atoms with E-state index in [0.29, 0.717) is 23.7 Å². The predicted octanol–water partition coefficient (Wildman–Crippen LogP) is 3.08. The first-order chi connectivity index (χ1) is 12.2. The number of carbonyl (C=O) groups excluding carboxylic acids is 1. The van der Waals surface area contributed by atoms with Gasteiger partial charge in [-0.05, 0) is 60.0 Å². The second-order valence-electron chi connectivity index (χ2n) is 6.39. The fraction of sp³-hybridized carbons (Fsp3) is 0.333. The van der Waals surface area contributed by atoms with Crippen LogP contribution in [0.5, 0.6) is 0 Å². The Kier molecular flexibility index (Phi) is 4.42. The Balaban J connectivity index is 1.36. The Labute approximate surface area is 148 Å². The van der Waals surface area contributed by atoms with E-state index in [9.17, 15) is 9.59 Å². The first-order valence-corrected chi connectivity index (χ1v) is 9.41. The maximum atomic E-state index is 12.3. The Morgan fingerprint density at radius 3 is 3.00 bits per heavy atom. The zero-order chi connectivity index (χ0) is 17.2. The average molecular weight is 356 g/mol. The van der Waals surface area contributed by atoms with Crippen LogP contribution in [0.15, 0.2) is 39.8 Å². The van der Waals surface area contributed by atoms with Crippen LogP contribution < -0.4 is 11.0 Å². The molecule has 0 unspecified atom stereocenters. The van der Waals surface area contributed by atoms with Crippen molar-refractivity contribution >= 4 is 34.0 Å². The molecule has 3 N–H and O–H groups in total. The van der Waals surface area contributed by atoms with Crippen LogP contribution in [0, 0.1) is 0 Å². The van der Waals surface area contributed by atoms with Gasteiger partial charge in [-0.2, -0.15) is 11.3 Å². The lowest BCUT2D eigenvalue weighted by Gasteiger charge is -2.23. The van der Waals surface area contributed by atoms with E-state index in [1.807, 2.05) is 0 Å². The van der Waals surface area contributed by atoms with Crippen molar-refractivity contribution < 1.29 is 4.79 Å². The maximum absolute atomic E-state index is 12.3. The van der Waals surface area contributed by atoms with Crippen LogP contribution in [-0.4, -0.2) is 33.9 Å². The minimum atomic E-state index is -0.244. The van der Waals surface area contributed by atoms with Gasteiger partial charge in [0.2, 0.25) is 5.91 Å². The van der Waals surface area contributed by atoms with Crippen molar-refractivity contribution in [3.8, 4) is 0 Å². The van der Waals surface area contributed by atoms with E-state index in [2.05, 4.69) is 37.0 Å². The fourth-order valence-corrected chi connectivity index (χ4v) is 4.22. The molecule has 130 valence electrons. The average Bonchev–Trinajstić information content (AvgIpc) is 3.31. The zero-order valence-corrected chi connectivity index (χ0v) is 14.6. The minimum Gasteiger partial charge on any atom is -0.326 e. The number of rotatable bonds is 5. The molecule has 1 aromatic carbocycles. The molecule has 1 aliphatic rings. The Morgan fingerprint density at radius 1 is 1.28 bits per heavy atom. The summed E-state index contributed by atoms with van der Waals surface area (Å²) in [7, 11) is 0. The van der Waals surface area contributed by atoms with Crippen LogP contribution in [0.4, 0.5) is 5.69 Å². The van der Waals surface area contributed by atoms with Crippen LogP contribution in [0.1, 0.15) is 30.9 Å². The maximum Gasteiger partial charge on any atom is 0.323 e. The fourth-order valence-electron chi connectivity index (χ4n) is 3.51. The van der Waals surface area contributed by atoms with Crippen LogP contribution >= 0.6 is 11.3 Å². The summed E-state index contributed by atoms with van der Waals surface area (Å²) in [6, 6.07) is 7.99. The van der Waals surface area contributed by atoms with E-state index >= 15 is 0 Å². The zero-order valence-electron chi connectivity index (χ0n) is 13.7. The van der Waals surface area contributed by atoms with Crippen molar-refractivity contribution in [3.63, 3.8) is 0 Å². The summed E-state index contributed by atoms with van der Waals surface area (Å²) in [5.41, 5.74) is 3.25. The quantitative estimate of drug-likeness (QED) is 0.657. The smallest absolute Gasteiger partial charge is 0.323 e. The number of nitrogens with one attached hydrogen (secondary N) is 3. The lowest BCUT2D eigenvalue weighted by Crippen LogP contribution is -2.27. The number of hydrogen-bond acceptors (Lipinski definition) is 4. The molecule has 3 aromatic rings. The molecule has 0 spiro atoms. The van der Waals surface area contributed by atoms with E-state index in [-0.39, 0.29) is 11.6 Å². The van der Waals surface area contributed by atoms with Crippen LogP contribution in [0.3, 0.4) is 0 Å². The van der Waals surface area contributed by atoms with E-state index in [1.54, 1.807) is 29.5 Å². The van der Waals surface area contributed by atoms with E-state index in [0.717, 1.165) is 25.0 Å². The third-order valence-electron chi connectivity index (χ3n) is 4.72. The molecule has 25 heavy (non-hydrogen) atoms. The van der Waals surface area contributed by atoms with Gasteiger partial charge >= 0.3 is 5.69 Å². The highest BCUT2D eigenvalue weighted by Gasteiger charge is 2.26. The summed E-state index contributed by atoms with van der Waals surface area (Å²) in [5.74, 6) is -0.00630. The number of carbonyl (C=O) groups is 1. The third-order valence-corrected chi connectivity index (χ3v) is 5.42. The number of imidazole rings is 1. The summed E-state index contributed by atoms with van der Waals surface area (Å²) in [6.07, 6.45) is 2.80. The van der Waals surface area contributed by atoms with Crippen molar-refractivity contribution in [1.82, 2.24) is 14.9 Å². The lowest BCUT2D eigenvalue weighted by molar-refractivity contribution is -0.116. The number of benzene rings is 1. The molecule has 4 rings (SSSR count). The molecule has 1 saturated heterocycles. The van der Waals surface area contributed by atoms with Gasteiger partial charge in [-0.15, -0.1) is 0 Å². The molecule has 6 nitrogen and oxygen atoms in total. The van der Waals surface area contributed by atoms with E-state index < -0.39 is 0 Å². The Bertz CT molecular complexity index is 928. The molecule has 7 heteroatoms. The van der Waals surface area contributed by atoms with Gasteiger partial charge in [0.15, 0.2) is 0 Å². The molecule has 2 aromatic heterocycles. The molecule has 1 amide bonds. The summed E-state index contributed by atoms with van der Waals surface area (Å²) in [4.78, 5) is 31.4. The molecule has 0 bridgehead atoms. The van der Waals surface area contributed by atoms with Gasteiger partial charge in [-0.1, -0.05) is 0 Å². The van der Waals surface area contributed by atoms with Crippen molar-refractivity contribution in [3.05, 3.63) is 51.1 Å². The van der Waals surface area contributed by atoms with Crippen molar-refractivity contribution in [2.24, 2.45) is 0 Å². The second kappa shape index (κ2) is 6.85. The minimum absolute atomic E-state index is 0.00630. The molecule has 3 heterocycles. The van der Waals surface area contributed by atoms with Crippen molar-refractivity contribution in [2.45, 2.75) is 25.3 Å². The molecule has 1 atom stereocenters. The summed E-state index contributed by atoms with van der Waals surface area (Å²) < 4.78 is 0. The SMILES string of the molecule is O=C(CCN1CCC[C@@H]1c1ccsc1)Nc1ccc2[nH]c(=O)[nH]c2c1. The second-order valence-corrected chi connectivity index (χ2v) is 7.17. The number of H-pyrrole nitrogens is 2. The highest BCUT2D eigenvalue weighted by molar-refractivity contribution is 7.07. The first-order valence-electron chi connectivity index (χ1n) is 8.47. The number of hydrogen-bond donors (Lipinski definition) is 3. The lowest BCUT2D eigenvalue weighted by atomic mass is 10.1. The highest BCUT2D eigenvalue weighted by atomic mass is 32.1. The molecule has 0 aliphatic carbocycles. The van der Waals surface area contributed by atoms with Gasteiger partial charge in [0, 0.05) is 24.7 Å². The number of amides is 1. The first kappa shape index (κ1) is 16.1. The third kappa shape index (κ3) is 3.52. The van der Waals surface area contributed by atoms with Crippen molar-refractivity contribution in [2.75, 3.05) is 18.4 Å². The van der Waals surface area contributed by atoms with Gasteiger partial charge < -0.3 is 15.3 Å².